The van der Waals surface area contributed by atoms with Gasteiger partial charge in [-0.25, -0.2) is 0 Å². The van der Waals surface area contributed by atoms with E-state index in [0.717, 1.165) is 6.07 Å². The minimum absolute atomic E-state index is 0. The minimum atomic E-state index is -4.22. The fraction of sp³-hybridized carbons (Fsp3) is 0.333. The first-order valence-corrected chi connectivity index (χ1v) is 3.70. The molecule has 1 nitrogen and oxygen atoms in total. The molecule has 0 amide bonds. The van der Waals surface area contributed by atoms with Crippen molar-refractivity contribution in [3.63, 3.8) is 0 Å². The third-order valence-corrected chi connectivity index (χ3v) is 1.66. The van der Waals surface area contributed by atoms with Crippen LogP contribution < -0.4 is 6.15 Å². The summed E-state index contributed by atoms with van der Waals surface area (Å²) < 4.78 is 36.3. The zero-order valence-corrected chi connectivity index (χ0v) is 7.36. The van der Waals surface area contributed by atoms with E-state index in [9.17, 15) is 13.2 Å². The second kappa shape index (κ2) is 4.28. The van der Waals surface area contributed by atoms with E-state index in [0.29, 0.717) is 12.0 Å². The SMILES string of the molecule is CCc1cccc(C(F)(F)F)c1.N. The highest BCUT2D eigenvalue weighted by Crippen LogP contribution is 2.29. The lowest BCUT2D eigenvalue weighted by Gasteiger charge is -2.06. The van der Waals surface area contributed by atoms with Crippen molar-refractivity contribution in [2.24, 2.45) is 0 Å². The van der Waals surface area contributed by atoms with Crippen molar-refractivity contribution < 1.29 is 13.2 Å². The van der Waals surface area contributed by atoms with Crippen LogP contribution in [0.5, 0.6) is 0 Å². The predicted octanol–water partition coefficient (Wildman–Crippen LogP) is 3.43. The molecule has 1 rings (SSSR count). The van der Waals surface area contributed by atoms with Gasteiger partial charge in [0.25, 0.3) is 0 Å². The van der Waals surface area contributed by atoms with Crippen LogP contribution in [0.2, 0.25) is 0 Å². The van der Waals surface area contributed by atoms with E-state index in [1.165, 1.54) is 12.1 Å². The summed E-state index contributed by atoms with van der Waals surface area (Å²) >= 11 is 0. The summed E-state index contributed by atoms with van der Waals surface area (Å²) in [6.45, 7) is 1.83. The van der Waals surface area contributed by atoms with Gasteiger partial charge in [-0.1, -0.05) is 25.1 Å². The molecule has 3 N–H and O–H groups in total. The van der Waals surface area contributed by atoms with Crippen molar-refractivity contribution in [1.29, 1.82) is 0 Å². The van der Waals surface area contributed by atoms with Crippen molar-refractivity contribution in [2.75, 3.05) is 0 Å². The molecule has 0 bridgehead atoms. The Kier molecular flexibility index (Phi) is 3.94. The number of benzene rings is 1. The number of alkyl halides is 3. The number of hydrogen-bond acceptors (Lipinski definition) is 1. The van der Waals surface area contributed by atoms with Gasteiger partial charge < -0.3 is 6.15 Å². The monoisotopic (exact) mass is 191 g/mol. The van der Waals surface area contributed by atoms with Crippen LogP contribution >= 0.6 is 0 Å². The van der Waals surface area contributed by atoms with Crippen LogP contribution in [0.1, 0.15) is 18.1 Å². The average molecular weight is 191 g/mol. The molecule has 0 saturated carbocycles. The van der Waals surface area contributed by atoms with Crippen LogP contribution in [0.15, 0.2) is 24.3 Å². The van der Waals surface area contributed by atoms with E-state index in [4.69, 9.17) is 0 Å². The highest BCUT2D eigenvalue weighted by atomic mass is 19.4. The number of hydrogen-bond donors (Lipinski definition) is 1. The van der Waals surface area contributed by atoms with Gasteiger partial charge in [-0.15, -0.1) is 0 Å². The van der Waals surface area contributed by atoms with E-state index >= 15 is 0 Å². The molecule has 0 aromatic heterocycles. The topological polar surface area (TPSA) is 35.0 Å². The molecular weight excluding hydrogens is 179 g/mol. The Morgan fingerprint density at radius 3 is 2.31 bits per heavy atom. The summed E-state index contributed by atoms with van der Waals surface area (Å²) in [6, 6.07) is 5.38. The van der Waals surface area contributed by atoms with Crippen molar-refractivity contribution in [3.05, 3.63) is 35.4 Å². The zero-order valence-electron chi connectivity index (χ0n) is 7.36. The van der Waals surface area contributed by atoms with Gasteiger partial charge in [0, 0.05) is 0 Å². The van der Waals surface area contributed by atoms with Crippen LogP contribution in [0.4, 0.5) is 13.2 Å². The first kappa shape index (κ1) is 12.0. The van der Waals surface area contributed by atoms with E-state index < -0.39 is 11.7 Å². The lowest BCUT2D eigenvalue weighted by atomic mass is 10.1. The molecule has 0 unspecified atom stereocenters. The van der Waals surface area contributed by atoms with E-state index in [1.807, 2.05) is 6.92 Å². The molecule has 1 aromatic carbocycles. The highest BCUT2D eigenvalue weighted by Gasteiger charge is 2.30. The molecule has 4 heteroatoms. The normalized spacial score (nSPS) is 10.8. The molecule has 0 aliphatic heterocycles. The summed E-state index contributed by atoms with van der Waals surface area (Å²) in [7, 11) is 0. The predicted molar refractivity (Wildman–Crippen MR) is 45.8 cm³/mol. The fourth-order valence-electron chi connectivity index (χ4n) is 0.968. The van der Waals surface area contributed by atoms with Crippen LogP contribution in [0.3, 0.4) is 0 Å². The number of rotatable bonds is 1. The molecular formula is C9H12F3N. The number of halogens is 3. The highest BCUT2D eigenvalue weighted by molar-refractivity contribution is 5.25. The van der Waals surface area contributed by atoms with Crippen molar-refractivity contribution >= 4 is 0 Å². The molecule has 0 saturated heterocycles. The smallest absolute Gasteiger partial charge is 0.344 e. The van der Waals surface area contributed by atoms with Gasteiger partial charge in [-0.05, 0) is 18.1 Å². The zero-order chi connectivity index (χ0) is 9.19. The van der Waals surface area contributed by atoms with E-state index in [2.05, 4.69) is 0 Å². The average Bonchev–Trinajstić information content (AvgIpc) is 2.03. The second-order valence-electron chi connectivity index (χ2n) is 2.55. The maximum atomic E-state index is 12.1. The van der Waals surface area contributed by atoms with Crippen molar-refractivity contribution in [1.82, 2.24) is 6.15 Å². The van der Waals surface area contributed by atoms with Gasteiger partial charge >= 0.3 is 6.18 Å². The van der Waals surface area contributed by atoms with Crippen LogP contribution in [-0.4, -0.2) is 0 Å². The lowest BCUT2D eigenvalue weighted by Crippen LogP contribution is -2.04. The van der Waals surface area contributed by atoms with Gasteiger partial charge in [-0.2, -0.15) is 13.2 Å². The third kappa shape index (κ3) is 3.06. The summed E-state index contributed by atoms with van der Waals surface area (Å²) in [4.78, 5) is 0. The van der Waals surface area contributed by atoms with Crippen LogP contribution in [-0.2, 0) is 12.6 Å². The Bertz CT molecular complexity index is 268. The standard InChI is InChI=1S/C9H9F3.H3N/c1-2-7-4-3-5-8(6-7)9(10,11)12;/h3-6H,2H2,1H3;1H3. The first-order chi connectivity index (χ1) is 5.54. The van der Waals surface area contributed by atoms with Gasteiger partial charge in [-0.3, -0.25) is 0 Å². The van der Waals surface area contributed by atoms with Crippen molar-refractivity contribution in [2.45, 2.75) is 19.5 Å². The summed E-state index contributed by atoms with van der Waals surface area (Å²) in [5, 5.41) is 0. The number of aryl methyl sites for hydroxylation is 1. The maximum absolute atomic E-state index is 12.1. The molecule has 0 heterocycles. The summed E-state index contributed by atoms with van der Waals surface area (Å²) in [6.07, 6.45) is -3.59. The molecule has 74 valence electrons. The summed E-state index contributed by atoms with van der Waals surface area (Å²) in [5.41, 5.74) is 0.145. The molecule has 0 spiro atoms. The summed E-state index contributed by atoms with van der Waals surface area (Å²) in [5.74, 6) is 0. The van der Waals surface area contributed by atoms with Crippen LogP contribution in [0, 0.1) is 0 Å². The van der Waals surface area contributed by atoms with Gasteiger partial charge in [0.2, 0.25) is 0 Å². The molecule has 0 fully saturated rings. The van der Waals surface area contributed by atoms with E-state index in [1.54, 1.807) is 6.07 Å². The molecule has 0 aliphatic rings. The van der Waals surface area contributed by atoms with E-state index in [-0.39, 0.29) is 6.15 Å². The maximum Gasteiger partial charge on any atom is 0.416 e. The Morgan fingerprint density at radius 1 is 1.23 bits per heavy atom. The Balaban J connectivity index is 0.00000144. The quantitative estimate of drug-likeness (QED) is 0.725. The van der Waals surface area contributed by atoms with Gasteiger partial charge in [0.15, 0.2) is 0 Å². The Labute approximate surface area is 75.2 Å². The Hall–Kier alpha value is -1.03. The Morgan fingerprint density at radius 2 is 1.85 bits per heavy atom. The van der Waals surface area contributed by atoms with Crippen molar-refractivity contribution in [3.8, 4) is 0 Å². The van der Waals surface area contributed by atoms with Crippen LogP contribution in [0.25, 0.3) is 0 Å². The third-order valence-electron chi connectivity index (χ3n) is 1.66. The van der Waals surface area contributed by atoms with Gasteiger partial charge in [0.1, 0.15) is 0 Å². The molecule has 13 heavy (non-hydrogen) atoms. The molecule has 0 aliphatic carbocycles. The molecule has 0 radical (unpaired) electrons. The lowest BCUT2D eigenvalue weighted by molar-refractivity contribution is -0.137. The first-order valence-electron chi connectivity index (χ1n) is 3.70. The molecule has 0 atom stereocenters. The second-order valence-corrected chi connectivity index (χ2v) is 2.55. The largest absolute Gasteiger partial charge is 0.416 e. The van der Waals surface area contributed by atoms with Gasteiger partial charge in [0.05, 0.1) is 5.56 Å². The molecule has 1 aromatic rings. The fourth-order valence-corrected chi connectivity index (χ4v) is 0.968. The minimum Gasteiger partial charge on any atom is -0.344 e.